The lowest BCUT2D eigenvalue weighted by Gasteiger charge is -2.14. The van der Waals surface area contributed by atoms with E-state index < -0.39 is 4.92 Å². The highest BCUT2D eigenvalue weighted by Crippen LogP contribution is 2.35. The largest absolute Gasteiger partial charge is 0.484 e. The van der Waals surface area contributed by atoms with Crippen molar-refractivity contribution >= 4 is 5.69 Å². The van der Waals surface area contributed by atoms with Crippen LogP contribution in [0.25, 0.3) is 0 Å². The molecule has 0 atom stereocenters. The van der Waals surface area contributed by atoms with Crippen LogP contribution in [0.1, 0.15) is 26.3 Å². The van der Waals surface area contributed by atoms with Crippen LogP contribution in [0.4, 0.5) is 5.69 Å². The van der Waals surface area contributed by atoms with E-state index in [1.54, 1.807) is 39.0 Å². The van der Waals surface area contributed by atoms with Crippen LogP contribution in [0.2, 0.25) is 0 Å². The number of rotatable bonds is 5. The van der Waals surface area contributed by atoms with Crippen molar-refractivity contribution in [3.8, 4) is 5.75 Å². The first-order valence-corrected chi connectivity index (χ1v) is 5.35. The average Bonchev–Trinajstić information content (AvgIpc) is 2.26. The van der Waals surface area contributed by atoms with Gasteiger partial charge < -0.3 is 9.84 Å². The Labute approximate surface area is 100 Å². The highest BCUT2D eigenvalue weighted by Gasteiger charge is 2.24. The van der Waals surface area contributed by atoms with Crippen molar-refractivity contribution in [2.45, 2.75) is 26.9 Å². The fraction of sp³-hybridized carbons (Fsp3) is 0.417. The molecule has 17 heavy (non-hydrogen) atoms. The first-order valence-electron chi connectivity index (χ1n) is 5.35. The minimum Gasteiger partial charge on any atom is -0.484 e. The number of aliphatic hydroxyl groups is 1. The topological polar surface area (TPSA) is 72.6 Å². The van der Waals surface area contributed by atoms with Gasteiger partial charge in [0.05, 0.1) is 17.6 Å². The third-order valence-electron chi connectivity index (χ3n) is 2.24. The molecule has 5 heteroatoms. The molecule has 0 saturated heterocycles. The Balaban J connectivity index is 3.26. The van der Waals surface area contributed by atoms with Gasteiger partial charge in [0.25, 0.3) is 0 Å². The highest BCUT2D eigenvalue weighted by atomic mass is 16.6. The Morgan fingerprint density at radius 3 is 2.65 bits per heavy atom. The standard InChI is InChI=1S/C12H16NO4/c1-8(2)17-11-6-4-5-10(9(3)7-14)12(11)13(15)16/h4-6,8,14H,7H2,1-3H3. The van der Waals surface area contributed by atoms with Gasteiger partial charge in [0.2, 0.25) is 0 Å². The van der Waals surface area contributed by atoms with E-state index in [4.69, 9.17) is 9.84 Å². The average molecular weight is 238 g/mol. The summed E-state index contributed by atoms with van der Waals surface area (Å²) in [4.78, 5) is 10.6. The molecule has 1 aromatic rings. The molecule has 0 aliphatic rings. The van der Waals surface area contributed by atoms with Crippen molar-refractivity contribution < 1.29 is 14.8 Å². The minimum atomic E-state index is -0.480. The van der Waals surface area contributed by atoms with Gasteiger partial charge in [-0.15, -0.1) is 0 Å². The maximum absolute atomic E-state index is 11.1. The summed E-state index contributed by atoms with van der Waals surface area (Å²) in [5.74, 6) is 0.779. The monoisotopic (exact) mass is 238 g/mol. The SMILES string of the molecule is C[C](CO)c1cccc(OC(C)C)c1[N+](=O)[O-]. The zero-order valence-electron chi connectivity index (χ0n) is 10.1. The first-order chi connectivity index (χ1) is 7.97. The fourth-order valence-electron chi connectivity index (χ4n) is 1.49. The molecule has 1 rings (SSSR count). The molecule has 1 radical (unpaired) electrons. The van der Waals surface area contributed by atoms with Gasteiger partial charge in [-0.25, -0.2) is 0 Å². The van der Waals surface area contributed by atoms with Crippen LogP contribution < -0.4 is 4.74 Å². The van der Waals surface area contributed by atoms with Crippen LogP contribution in [0.15, 0.2) is 18.2 Å². The van der Waals surface area contributed by atoms with Gasteiger partial charge in [0.1, 0.15) is 0 Å². The van der Waals surface area contributed by atoms with Crippen LogP contribution in [0.3, 0.4) is 0 Å². The highest BCUT2D eigenvalue weighted by molar-refractivity contribution is 5.57. The summed E-state index contributed by atoms with van der Waals surface area (Å²) < 4.78 is 5.41. The maximum Gasteiger partial charge on any atom is 0.314 e. The Morgan fingerprint density at radius 2 is 2.18 bits per heavy atom. The molecule has 0 heterocycles. The van der Waals surface area contributed by atoms with Crippen molar-refractivity contribution in [3.05, 3.63) is 39.8 Å². The Bertz CT molecular complexity index is 403. The third kappa shape index (κ3) is 3.17. The van der Waals surface area contributed by atoms with E-state index in [-0.39, 0.29) is 24.1 Å². The van der Waals surface area contributed by atoms with Gasteiger partial charge in [-0.3, -0.25) is 10.1 Å². The second kappa shape index (κ2) is 5.63. The van der Waals surface area contributed by atoms with E-state index in [0.717, 1.165) is 0 Å². The summed E-state index contributed by atoms with van der Waals surface area (Å²) in [6.07, 6.45) is -0.140. The number of hydrogen-bond acceptors (Lipinski definition) is 4. The quantitative estimate of drug-likeness (QED) is 0.631. The van der Waals surface area contributed by atoms with Crippen molar-refractivity contribution in [3.63, 3.8) is 0 Å². The fourth-order valence-corrected chi connectivity index (χ4v) is 1.49. The molecule has 0 aliphatic carbocycles. The smallest absolute Gasteiger partial charge is 0.314 e. The molecule has 0 aromatic heterocycles. The van der Waals surface area contributed by atoms with Crippen molar-refractivity contribution in [2.24, 2.45) is 0 Å². The molecule has 0 bridgehead atoms. The van der Waals surface area contributed by atoms with Crippen LogP contribution >= 0.6 is 0 Å². The van der Waals surface area contributed by atoms with Gasteiger partial charge in [-0.1, -0.05) is 19.1 Å². The lowest BCUT2D eigenvalue weighted by Crippen LogP contribution is -2.10. The molecule has 0 amide bonds. The number of hydrogen-bond donors (Lipinski definition) is 1. The Morgan fingerprint density at radius 1 is 1.53 bits per heavy atom. The van der Waals surface area contributed by atoms with Gasteiger partial charge in [-0.05, 0) is 19.9 Å². The Hall–Kier alpha value is -1.62. The van der Waals surface area contributed by atoms with E-state index >= 15 is 0 Å². The second-order valence-electron chi connectivity index (χ2n) is 4.01. The van der Waals surface area contributed by atoms with Gasteiger partial charge in [0, 0.05) is 11.5 Å². The number of para-hydroxylation sites is 1. The van der Waals surface area contributed by atoms with E-state index in [1.807, 2.05) is 0 Å². The summed E-state index contributed by atoms with van der Waals surface area (Å²) in [5, 5.41) is 20.1. The number of nitro benzene ring substituents is 1. The molecular weight excluding hydrogens is 222 g/mol. The van der Waals surface area contributed by atoms with Crippen LogP contribution in [-0.4, -0.2) is 22.7 Å². The van der Waals surface area contributed by atoms with E-state index in [1.165, 1.54) is 0 Å². The summed E-state index contributed by atoms with van der Waals surface area (Å²) >= 11 is 0. The van der Waals surface area contributed by atoms with Crippen molar-refractivity contribution in [2.75, 3.05) is 6.61 Å². The lowest BCUT2D eigenvalue weighted by atomic mass is 9.99. The number of benzene rings is 1. The second-order valence-corrected chi connectivity index (χ2v) is 4.01. The summed E-state index contributed by atoms with van der Waals surface area (Å²) in [6.45, 7) is 5.05. The summed E-state index contributed by atoms with van der Waals surface area (Å²) in [6, 6.07) is 4.85. The molecule has 0 aliphatic heterocycles. The predicted molar refractivity (Wildman–Crippen MR) is 64.0 cm³/mol. The normalized spacial score (nSPS) is 10.9. The molecule has 5 nitrogen and oxygen atoms in total. The van der Waals surface area contributed by atoms with Crippen molar-refractivity contribution in [1.82, 2.24) is 0 Å². The van der Waals surface area contributed by atoms with Crippen LogP contribution in [0.5, 0.6) is 5.75 Å². The maximum atomic E-state index is 11.1. The van der Waals surface area contributed by atoms with Gasteiger partial charge >= 0.3 is 5.69 Å². The number of ether oxygens (including phenoxy) is 1. The van der Waals surface area contributed by atoms with E-state index in [2.05, 4.69) is 0 Å². The van der Waals surface area contributed by atoms with E-state index in [9.17, 15) is 10.1 Å². The lowest BCUT2D eigenvalue weighted by molar-refractivity contribution is -0.386. The zero-order valence-corrected chi connectivity index (χ0v) is 10.1. The Kier molecular flexibility index (Phi) is 4.45. The van der Waals surface area contributed by atoms with Crippen molar-refractivity contribution in [1.29, 1.82) is 0 Å². The molecule has 0 unspecified atom stereocenters. The van der Waals surface area contributed by atoms with Gasteiger partial charge in [-0.2, -0.15) is 0 Å². The molecule has 0 spiro atoms. The predicted octanol–water partition coefficient (Wildman–Crippen LogP) is 2.32. The summed E-state index contributed by atoms with van der Waals surface area (Å²) in [7, 11) is 0. The molecule has 93 valence electrons. The minimum absolute atomic E-state index is 0.0900. The van der Waals surface area contributed by atoms with E-state index in [0.29, 0.717) is 11.5 Å². The number of nitro groups is 1. The number of aliphatic hydroxyl groups excluding tert-OH is 1. The van der Waals surface area contributed by atoms with Gasteiger partial charge in [0.15, 0.2) is 5.75 Å². The molecule has 0 saturated carbocycles. The zero-order chi connectivity index (χ0) is 13.0. The summed E-state index contributed by atoms with van der Waals surface area (Å²) in [5.41, 5.74) is 0.323. The molecule has 1 N–H and O–H groups in total. The first kappa shape index (κ1) is 13.4. The number of nitrogens with zero attached hydrogens (tertiary/aromatic N) is 1. The third-order valence-corrected chi connectivity index (χ3v) is 2.24. The van der Waals surface area contributed by atoms with Crippen LogP contribution in [0, 0.1) is 16.0 Å². The molecule has 1 aromatic carbocycles. The molecular formula is C12H16NO4. The van der Waals surface area contributed by atoms with Crippen LogP contribution in [-0.2, 0) is 0 Å². The molecule has 0 fully saturated rings.